The highest BCUT2D eigenvalue weighted by atomic mass is 32.1. The summed E-state index contributed by atoms with van der Waals surface area (Å²) in [5.74, 6) is 0. The Balaban J connectivity index is 2.11. The number of rotatable bonds is 4. The molecule has 0 radical (unpaired) electrons. The van der Waals surface area contributed by atoms with E-state index in [9.17, 15) is 0 Å². The molecule has 3 aromatic rings. The first-order valence-corrected chi connectivity index (χ1v) is 7.75. The van der Waals surface area contributed by atoms with Crippen LogP contribution < -0.4 is 5.73 Å². The predicted molar refractivity (Wildman–Crippen MR) is 82.9 cm³/mol. The highest BCUT2D eigenvalue weighted by molar-refractivity contribution is 7.16. The lowest BCUT2D eigenvalue weighted by molar-refractivity contribution is 0.849. The van der Waals surface area contributed by atoms with Gasteiger partial charge in [-0.1, -0.05) is 49.4 Å². The molecule has 0 aliphatic rings. The van der Waals surface area contributed by atoms with E-state index in [1.54, 1.807) is 11.3 Å². The molecule has 104 valence electrons. The molecule has 0 atom stereocenters. The van der Waals surface area contributed by atoms with Gasteiger partial charge >= 0.3 is 0 Å². The van der Waals surface area contributed by atoms with Crippen molar-refractivity contribution >= 4 is 16.3 Å². The van der Waals surface area contributed by atoms with Crippen molar-refractivity contribution in [1.29, 1.82) is 0 Å². The van der Waals surface area contributed by atoms with Crippen LogP contribution in [0.5, 0.6) is 0 Å². The molecule has 0 saturated carbocycles. The normalized spacial score (nSPS) is 11.3. The number of imidazole rings is 1. The third-order valence-electron chi connectivity index (χ3n) is 3.44. The topological polar surface area (TPSA) is 56.2 Å². The van der Waals surface area contributed by atoms with Crippen LogP contribution in [0.25, 0.3) is 16.2 Å². The summed E-state index contributed by atoms with van der Waals surface area (Å²) in [4.78, 5) is 5.75. The first-order valence-electron chi connectivity index (χ1n) is 6.93. The van der Waals surface area contributed by atoms with Crippen LogP contribution in [0.1, 0.15) is 30.1 Å². The Morgan fingerprint density at radius 3 is 2.50 bits per heavy atom. The van der Waals surface area contributed by atoms with E-state index in [4.69, 9.17) is 10.7 Å². The first-order chi connectivity index (χ1) is 9.76. The van der Waals surface area contributed by atoms with E-state index in [0.29, 0.717) is 6.54 Å². The number of fused-ring (bicyclic) bond motifs is 1. The van der Waals surface area contributed by atoms with Gasteiger partial charge in [-0.3, -0.25) is 0 Å². The molecule has 2 heterocycles. The Bertz CT molecular complexity index is 724. The van der Waals surface area contributed by atoms with Crippen molar-refractivity contribution in [2.24, 2.45) is 5.73 Å². The van der Waals surface area contributed by atoms with Crippen molar-refractivity contribution in [3.8, 4) is 11.3 Å². The monoisotopic (exact) mass is 286 g/mol. The summed E-state index contributed by atoms with van der Waals surface area (Å²) in [5, 5.41) is 5.77. The van der Waals surface area contributed by atoms with Crippen LogP contribution in [-0.2, 0) is 19.4 Å². The number of benzene rings is 1. The Labute approximate surface area is 122 Å². The summed E-state index contributed by atoms with van der Waals surface area (Å²) >= 11 is 1.67. The second kappa shape index (κ2) is 5.34. The summed E-state index contributed by atoms with van der Waals surface area (Å²) in [6.45, 7) is 4.84. The highest BCUT2D eigenvalue weighted by Gasteiger charge is 2.16. The number of hydrogen-bond donors (Lipinski definition) is 1. The van der Waals surface area contributed by atoms with Crippen LogP contribution >= 0.6 is 11.3 Å². The van der Waals surface area contributed by atoms with Crippen LogP contribution in [-0.4, -0.2) is 14.6 Å². The zero-order chi connectivity index (χ0) is 14.1. The molecule has 0 spiro atoms. The van der Waals surface area contributed by atoms with Crippen molar-refractivity contribution < 1.29 is 0 Å². The first kappa shape index (κ1) is 13.3. The lowest BCUT2D eigenvalue weighted by Gasteiger charge is -2.02. The standard InChI is InChI=1S/C15H18N4S/c1-3-12-14(11-7-5-10(9-16)6-8-11)17-15-19(12)18-13(4-2)20-15/h5-8H,3-4,9,16H2,1-2H3. The van der Waals surface area contributed by atoms with Crippen LogP contribution in [0, 0.1) is 0 Å². The number of hydrogen-bond acceptors (Lipinski definition) is 4. The summed E-state index contributed by atoms with van der Waals surface area (Å²) in [7, 11) is 0. The van der Waals surface area contributed by atoms with Crippen LogP contribution in [0.15, 0.2) is 24.3 Å². The van der Waals surface area contributed by atoms with E-state index in [-0.39, 0.29) is 0 Å². The fourth-order valence-corrected chi connectivity index (χ4v) is 3.17. The summed E-state index contributed by atoms with van der Waals surface area (Å²) in [6, 6.07) is 8.31. The average molecular weight is 286 g/mol. The highest BCUT2D eigenvalue weighted by Crippen LogP contribution is 2.27. The molecule has 2 aromatic heterocycles. The summed E-state index contributed by atoms with van der Waals surface area (Å²) in [5.41, 5.74) is 10.1. The zero-order valence-corrected chi connectivity index (χ0v) is 12.6. The van der Waals surface area contributed by atoms with Gasteiger partial charge in [0, 0.05) is 12.1 Å². The minimum atomic E-state index is 0.570. The van der Waals surface area contributed by atoms with Gasteiger partial charge in [-0.2, -0.15) is 5.10 Å². The number of aryl methyl sites for hydroxylation is 2. The SMILES string of the molecule is CCc1nn2c(CC)c(-c3ccc(CN)cc3)nc2s1. The van der Waals surface area contributed by atoms with Crippen molar-refractivity contribution in [3.05, 3.63) is 40.5 Å². The Hall–Kier alpha value is -1.72. The Morgan fingerprint density at radius 2 is 1.90 bits per heavy atom. The van der Waals surface area contributed by atoms with Gasteiger partial charge < -0.3 is 5.73 Å². The van der Waals surface area contributed by atoms with E-state index >= 15 is 0 Å². The fraction of sp³-hybridized carbons (Fsp3) is 0.333. The number of aromatic nitrogens is 3. The third kappa shape index (κ3) is 2.13. The fourth-order valence-electron chi connectivity index (χ4n) is 2.32. The molecule has 5 heteroatoms. The average Bonchev–Trinajstić information content (AvgIpc) is 3.04. The predicted octanol–water partition coefficient (Wildman–Crippen LogP) is 3.04. The van der Waals surface area contributed by atoms with Gasteiger partial charge in [0.1, 0.15) is 5.01 Å². The minimum absolute atomic E-state index is 0.570. The molecule has 0 unspecified atom stereocenters. The molecular weight excluding hydrogens is 268 g/mol. The molecule has 2 N–H and O–H groups in total. The Morgan fingerprint density at radius 1 is 1.15 bits per heavy atom. The zero-order valence-electron chi connectivity index (χ0n) is 11.8. The number of nitrogens with two attached hydrogens (primary N) is 1. The third-order valence-corrected chi connectivity index (χ3v) is 4.49. The van der Waals surface area contributed by atoms with Crippen molar-refractivity contribution in [2.45, 2.75) is 33.2 Å². The molecular formula is C15H18N4S. The van der Waals surface area contributed by atoms with E-state index in [2.05, 4.69) is 43.2 Å². The smallest absolute Gasteiger partial charge is 0.212 e. The lowest BCUT2D eigenvalue weighted by Crippen LogP contribution is -1.97. The van der Waals surface area contributed by atoms with E-state index in [1.807, 2.05) is 4.52 Å². The molecule has 0 fully saturated rings. The molecule has 4 nitrogen and oxygen atoms in total. The largest absolute Gasteiger partial charge is 0.326 e. The van der Waals surface area contributed by atoms with E-state index in [0.717, 1.165) is 39.6 Å². The van der Waals surface area contributed by atoms with Crippen LogP contribution in [0.4, 0.5) is 0 Å². The lowest BCUT2D eigenvalue weighted by atomic mass is 10.1. The molecule has 3 rings (SSSR count). The van der Waals surface area contributed by atoms with E-state index < -0.39 is 0 Å². The van der Waals surface area contributed by atoms with Gasteiger partial charge in [-0.05, 0) is 18.4 Å². The van der Waals surface area contributed by atoms with Gasteiger partial charge in [0.2, 0.25) is 4.96 Å². The van der Waals surface area contributed by atoms with E-state index in [1.165, 1.54) is 5.69 Å². The molecule has 1 aromatic carbocycles. The quantitative estimate of drug-likeness (QED) is 0.802. The number of nitrogens with zero attached hydrogens (tertiary/aromatic N) is 3. The van der Waals surface area contributed by atoms with Gasteiger partial charge in [0.05, 0.1) is 11.4 Å². The minimum Gasteiger partial charge on any atom is -0.326 e. The Kier molecular flexibility index (Phi) is 3.54. The van der Waals surface area contributed by atoms with Gasteiger partial charge in [-0.15, -0.1) is 0 Å². The maximum absolute atomic E-state index is 5.64. The second-order valence-electron chi connectivity index (χ2n) is 4.71. The molecule has 0 amide bonds. The maximum Gasteiger partial charge on any atom is 0.212 e. The van der Waals surface area contributed by atoms with Gasteiger partial charge in [-0.25, -0.2) is 9.50 Å². The van der Waals surface area contributed by atoms with Crippen molar-refractivity contribution in [2.75, 3.05) is 0 Å². The van der Waals surface area contributed by atoms with Gasteiger partial charge in [0.15, 0.2) is 0 Å². The van der Waals surface area contributed by atoms with Crippen LogP contribution in [0.2, 0.25) is 0 Å². The molecule has 0 bridgehead atoms. The second-order valence-corrected chi connectivity index (χ2v) is 5.75. The summed E-state index contributed by atoms with van der Waals surface area (Å²) in [6.07, 6.45) is 1.87. The molecule has 0 aliphatic carbocycles. The van der Waals surface area contributed by atoms with Gasteiger partial charge in [0.25, 0.3) is 0 Å². The molecule has 0 saturated heterocycles. The van der Waals surface area contributed by atoms with Crippen molar-refractivity contribution in [1.82, 2.24) is 14.6 Å². The maximum atomic E-state index is 5.64. The molecule has 0 aliphatic heterocycles. The molecule has 20 heavy (non-hydrogen) atoms. The van der Waals surface area contributed by atoms with Crippen LogP contribution in [0.3, 0.4) is 0 Å². The summed E-state index contributed by atoms with van der Waals surface area (Å²) < 4.78 is 2.00. The van der Waals surface area contributed by atoms with Crippen molar-refractivity contribution in [3.63, 3.8) is 0 Å².